The van der Waals surface area contributed by atoms with Gasteiger partial charge in [-0.1, -0.05) is 6.92 Å². The number of carbonyl (C=O) groups excluding carboxylic acids is 1. The first-order valence-corrected chi connectivity index (χ1v) is 9.33. The van der Waals surface area contributed by atoms with Crippen LogP contribution in [0.1, 0.15) is 31.9 Å². The van der Waals surface area contributed by atoms with Gasteiger partial charge in [-0.25, -0.2) is 4.98 Å². The highest BCUT2D eigenvalue weighted by atomic mass is 35.5. The van der Waals surface area contributed by atoms with Crippen LogP contribution in [0.25, 0.3) is 0 Å². The molecule has 3 rings (SSSR count). The van der Waals surface area contributed by atoms with E-state index in [1.165, 1.54) is 24.2 Å². The van der Waals surface area contributed by atoms with Gasteiger partial charge in [0.2, 0.25) is 5.91 Å². The largest absolute Gasteiger partial charge is 0.330 e. The van der Waals surface area contributed by atoms with Gasteiger partial charge in [-0.05, 0) is 50.9 Å². The van der Waals surface area contributed by atoms with Crippen molar-refractivity contribution in [3.05, 3.63) is 11.1 Å². The van der Waals surface area contributed by atoms with Crippen LogP contribution in [0.15, 0.2) is 5.38 Å². The maximum absolute atomic E-state index is 12.2. The predicted octanol–water partition coefficient (Wildman–Crippen LogP) is 2.19. The third kappa shape index (κ3) is 6.34. The first-order chi connectivity index (χ1) is 11.1. The summed E-state index contributed by atoms with van der Waals surface area (Å²) in [6.45, 7) is 8.36. The zero-order valence-electron chi connectivity index (χ0n) is 14.7. The van der Waals surface area contributed by atoms with E-state index >= 15 is 0 Å². The number of hydrogen-bond acceptors (Lipinski definition) is 6. The third-order valence-corrected chi connectivity index (χ3v) is 5.69. The molecule has 0 saturated carbocycles. The minimum atomic E-state index is 0. The molecule has 3 heterocycles. The Morgan fingerprint density at radius 3 is 2.68 bits per heavy atom. The second kappa shape index (κ2) is 10.0. The van der Waals surface area contributed by atoms with Crippen LogP contribution in [0.3, 0.4) is 0 Å². The van der Waals surface area contributed by atoms with Crippen molar-refractivity contribution in [3.63, 3.8) is 0 Å². The van der Waals surface area contributed by atoms with Crippen LogP contribution < -0.4 is 11.1 Å². The molecule has 2 fully saturated rings. The van der Waals surface area contributed by atoms with Crippen molar-refractivity contribution in [2.24, 2.45) is 11.1 Å². The van der Waals surface area contributed by atoms with Crippen LogP contribution in [0.5, 0.6) is 0 Å². The number of aromatic nitrogens is 1. The number of thiazole rings is 1. The molecule has 25 heavy (non-hydrogen) atoms. The number of anilines is 1. The smallest absolute Gasteiger partial charge is 0.240 e. The van der Waals surface area contributed by atoms with Crippen molar-refractivity contribution in [1.29, 1.82) is 0 Å². The van der Waals surface area contributed by atoms with E-state index in [0.717, 1.165) is 44.8 Å². The number of halogens is 2. The Balaban J connectivity index is 0.00000156. The number of carbonyl (C=O) groups is 1. The fourth-order valence-electron chi connectivity index (χ4n) is 3.40. The molecule has 2 saturated heterocycles. The molecule has 0 radical (unpaired) electrons. The van der Waals surface area contributed by atoms with E-state index in [0.29, 0.717) is 18.2 Å². The Hall–Kier alpha value is -0.440. The number of nitrogens with zero attached hydrogens (tertiary/aromatic N) is 3. The normalized spacial score (nSPS) is 23.9. The predicted molar refractivity (Wildman–Crippen MR) is 108 cm³/mol. The van der Waals surface area contributed by atoms with E-state index in [2.05, 4.69) is 32.4 Å². The zero-order chi connectivity index (χ0) is 16.3. The van der Waals surface area contributed by atoms with Gasteiger partial charge in [-0.15, -0.1) is 36.2 Å². The lowest BCUT2D eigenvalue weighted by molar-refractivity contribution is -0.117. The van der Waals surface area contributed by atoms with Crippen LogP contribution >= 0.6 is 36.2 Å². The molecular weight excluding hydrogens is 381 g/mol. The fourth-order valence-corrected chi connectivity index (χ4v) is 4.11. The van der Waals surface area contributed by atoms with E-state index in [1.54, 1.807) is 0 Å². The highest BCUT2D eigenvalue weighted by molar-refractivity contribution is 7.13. The highest BCUT2D eigenvalue weighted by Crippen LogP contribution is 2.28. The summed E-state index contributed by atoms with van der Waals surface area (Å²) in [6.07, 6.45) is 3.63. The van der Waals surface area contributed by atoms with E-state index in [4.69, 9.17) is 5.73 Å². The Kier molecular flexibility index (Phi) is 9.08. The molecule has 2 aliphatic heterocycles. The summed E-state index contributed by atoms with van der Waals surface area (Å²) in [4.78, 5) is 21.3. The van der Waals surface area contributed by atoms with Crippen molar-refractivity contribution < 1.29 is 4.79 Å². The molecule has 1 amide bonds. The highest BCUT2D eigenvalue weighted by Gasteiger charge is 2.33. The number of amides is 1. The molecule has 0 spiro atoms. The van der Waals surface area contributed by atoms with Gasteiger partial charge in [0.1, 0.15) is 0 Å². The molecule has 1 aromatic rings. The van der Waals surface area contributed by atoms with Crippen LogP contribution in [-0.4, -0.2) is 60.0 Å². The summed E-state index contributed by atoms with van der Waals surface area (Å²) in [5.74, 6) is 0.0216. The summed E-state index contributed by atoms with van der Waals surface area (Å²) in [5.41, 5.74) is 7.03. The fraction of sp³-hybridized carbons (Fsp3) is 0.750. The average Bonchev–Trinajstić information content (AvgIpc) is 3.23. The molecular formula is C16H29Cl2N5OS. The molecule has 1 atom stereocenters. The van der Waals surface area contributed by atoms with Crippen molar-refractivity contribution in [1.82, 2.24) is 14.8 Å². The number of nitrogens with one attached hydrogen (secondary N) is 1. The first-order valence-electron chi connectivity index (χ1n) is 8.45. The van der Waals surface area contributed by atoms with Gasteiger partial charge >= 0.3 is 0 Å². The molecule has 0 bridgehead atoms. The summed E-state index contributed by atoms with van der Waals surface area (Å²) in [6, 6.07) is 0. The van der Waals surface area contributed by atoms with E-state index in [1.807, 2.05) is 0 Å². The van der Waals surface area contributed by atoms with Crippen molar-refractivity contribution in [2.45, 2.75) is 32.7 Å². The minimum Gasteiger partial charge on any atom is -0.330 e. The molecule has 2 aliphatic rings. The second-order valence-corrected chi connectivity index (χ2v) is 8.01. The lowest BCUT2D eigenvalue weighted by Gasteiger charge is -2.22. The minimum absolute atomic E-state index is 0. The maximum atomic E-state index is 12.2. The average molecular weight is 410 g/mol. The number of rotatable bonds is 6. The molecule has 144 valence electrons. The van der Waals surface area contributed by atoms with E-state index in [9.17, 15) is 4.79 Å². The van der Waals surface area contributed by atoms with Gasteiger partial charge in [0.05, 0.1) is 12.2 Å². The number of nitrogens with two attached hydrogens (primary N) is 1. The van der Waals surface area contributed by atoms with Gasteiger partial charge in [0.15, 0.2) is 5.13 Å². The van der Waals surface area contributed by atoms with Gasteiger partial charge in [0.25, 0.3) is 0 Å². The van der Waals surface area contributed by atoms with E-state index in [-0.39, 0.29) is 36.1 Å². The lowest BCUT2D eigenvalue weighted by Crippen LogP contribution is -2.35. The van der Waals surface area contributed by atoms with E-state index < -0.39 is 0 Å². The Bertz CT molecular complexity index is 552. The van der Waals surface area contributed by atoms with Gasteiger partial charge in [0, 0.05) is 18.5 Å². The van der Waals surface area contributed by atoms with Gasteiger partial charge in [-0.3, -0.25) is 14.6 Å². The number of hydrogen-bond donors (Lipinski definition) is 2. The molecule has 1 unspecified atom stereocenters. The molecule has 0 aromatic carbocycles. The summed E-state index contributed by atoms with van der Waals surface area (Å²) >= 11 is 1.52. The topological polar surface area (TPSA) is 74.5 Å². The quantitative estimate of drug-likeness (QED) is 0.752. The molecule has 3 N–H and O–H groups in total. The monoisotopic (exact) mass is 409 g/mol. The Morgan fingerprint density at radius 2 is 2.04 bits per heavy atom. The third-order valence-electron chi connectivity index (χ3n) is 4.88. The molecule has 9 heteroatoms. The summed E-state index contributed by atoms with van der Waals surface area (Å²) in [5, 5.41) is 5.70. The molecule has 0 aliphatic carbocycles. The Labute approximate surface area is 166 Å². The van der Waals surface area contributed by atoms with Gasteiger partial charge in [-0.2, -0.15) is 0 Å². The summed E-state index contributed by atoms with van der Waals surface area (Å²) in [7, 11) is 0. The van der Waals surface area contributed by atoms with Crippen molar-refractivity contribution >= 4 is 47.2 Å². The lowest BCUT2D eigenvalue weighted by atomic mass is 9.90. The van der Waals surface area contributed by atoms with Crippen molar-refractivity contribution in [3.8, 4) is 0 Å². The summed E-state index contributed by atoms with van der Waals surface area (Å²) < 4.78 is 0. The zero-order valence-corrected chi connectivity index (χ0v) is 17.1. The first kappa shape index (κ1) is 22.6. The standard InChI is InChI=1S/C16H27N5OS.2ClH/c1-16(11-17)4-7-21(12-16)9-14(22)19-15-18-13(10-23-15)8-20-5-2-3-6-20;;/h10H,2-9,11-12,17H2,1H3,(H,18,19,22);2*1H. The van der Waals surface area contributed by atoms with Crippen LogP contribution in [0.4, 0.5) is 5.13 Å². The maximum Gasteiger partial charge on any atom is 0.240 e. The van der Waals surface area contributed by atoms with Crippen molar-refractivity contribution in [2.75, 3.05) is 44.6 Å². The SMILES string of the molecule is CC1(CN)CCN(CC(=O)Nc2nc(CN3CCCC3)cs2)C1.Cl.Cl. The second-order valence-electron chi connectivity index (χ2n) is 7.15. The van der Waals surface area contributed by atoms with Crippen LogP contribution in [0, 0.1) is 5.41 Å². The van der Waals surface area contributed by atoms with Crippen LogP contribution in [0.2, 0.25) is 0 Å². The van der Waals surface area contributed by atoms with Crippen LogP contribution in [-0.2, 0) is 11.3 Å². The van der Waals surface area contributed by atoms with Gasteiger partial charge < -0.3 is 11.1 Å². The molecule has 1 aromatic heterocycles. The Morgan fingerprint density at radius 1 is 1.32 bits per heavy atom. The molecule has 6 nitrogen and oxygen atoms in total. The number of likely N-dealkylation sites (tertiary alicyclic amines) is 2.